The Morgan fingerprint density at radius 3 is 2.68 bits per heavy atom. The summed E-state index contributed by atoms with van der Waals surface area (Å²) in [7, 11) is 0. The molecular weight excluding hydrogens is 378 g/mol. The van der Waals surface area contributed by atoms with Crippen molar-refractivity contribution in [1.82, 2.24) is 9.97 Å². The molecule has 31 heavy (non-hydrogen) atoms. The summed E-state index contributed by atoms with van der Waals surface area (Å²) in [5.41, 5.74) is 10.2. The predicted octanol–water partition coefficient (Wildman–Crippen LogP) is 6.84. The third kappa shape index (κ3) is 3.42. The maximum Gasteiger partial charge on any atom is 0.0715 e. The van der Waals surface area contributed by atoms with Crippen LogP contribution in [0.2, 0.25) is 0 Å². The first-order chi connectivity index (χ1) is 15.7. The minimum absolute atomic E-state index is 0.401. The van der Waals surface area contributed by atoms with Crippen molar-refractivity contribution in [3.63, 3.8) is 0 Å². The molecule has 0 fully saturated rings. The van der Waals surface area contributed by atoms with Crippen molar-refractivity contribution in [2.45, 2.75) is 53.5 Å². The molecule has 1 aliphatic heterocycles. The Labute approximate surface area is 188 Å². The monoisotopic (exact) mass is 411 g/mol. The van der Waals surface area contributed by atoms with Crippen LogP contribution in [0.1, 0.15) is 56.0 Å². The van der Waals surface area contributed by atoms with E-state index in [1.165, 1.54) is 16.5 Å². The van der Waals surface area contributed by atoms with Crippen molar-refractivity contribution in [2.75, 3.05) is 11.4 Å². The van der Waals surface area contributed by atoms with E-state index in [9.17, 15) is 2.74 Å². The van der Waals surface area contributed by atoms with Crippen molar-refractivity contribution in [1.29, 1.82) is 0 Å². The van der Waals surface area contributed by atoms with Gasteiger partial charge in [0, 0.05) is 53.5 Å². The van der Waals surface area contributed by atoms with Gasteiger partial charge in [-0.15, -0.1) is 0 Å². The Hall–Kier alpha value is -3.07. The number of benzene rings is 2. The first-order valence-electron chi connectivity index (χ1n) is 12.1. The second-order valence-corrected chi connectivity index (χ2v) is 9.06. The predicted molar refractivity (Wildman–Crippen MR) is 131 cm³/mol. The van der Waals surface area contributed by atoms with Gasteiger partial charge in [-0.05, 0) is 72.7 Å². The number of H-pyrrole nitrogens is 1. The SMILES string of the molecule is [2H]C1([2H])c2c(C)cc(-c3cccc4[nH]cc(C)c34)nc2CCN1c1cc(C(C)C)ccc1C. The van der Waals surface area contributed by atoms with E-state index in [1.54, 1.807) is 0 Å². The number of aryl methyl sites for hydroxylation is 3. The molecule has 1 aliphatic rings. The highest BCUT2D eigenvalue weighted by Gasteiger charge is 2.22. The molecule has 3 nitrogen and oxygen atoms in total. The Morgan fingerprint density at radius 1 is 1.03 bits per heavy atom. The van der Waals surface area contributed by atoms with Crippen LogP contribution in [0.3, 0.4) is 0 Å². The average Bonchev–Trinajstić information content (AvgIpc) is 3.15. The van der Waals surface area contributed by atoms with Crippen molar-refractivity contribution in [2.24, 2.45) is 0 Å². The minimum Gasteiger partial charge on any atom is -0.367 e. The van der Waals surface area contributed by atoms with Gasteiger partial charge in [0.05, 0.1) is 8.44 Å². The summed E-state index contributed by atoms with van der Waals surface area (Å²) in [5, 5.41) is 1.19. The van der Waals surface area contributed by atoms with Crippen LogP contribution in [-0.4, -0.2) is 16.5 Å². The Kier molecular flexibility index (Phi) is 4.29. The molecule has 158 valence electrons. The highest BCUT2D eigenvalue weighted by atomic mass is 15.1. The zero-order chi connectivity index (χ0) is 23.5. The molecule has 0 bridgehead atoms. The van der Waals surface area contributed by atoms with Gasteiger partial charge in [-0.25, -0.2) is 0 Å². The fourth-order valence-electron chi connectivity index (χ4n) is 4.64. The van der Waals surface area contributed by atoms with E-state index in [0.717, 1.165) is 45.7 Å². The molecule has 1 N–H and O–H groups in total. The highest BCUT2D eigenvalue weighted by Crippen LogP contribution is 2.34. The van der Waals surface area contributed by atoms with Gasteiger partial charge in [0.25, 0.3) is 0 Å². The van der Waals surface area contributed by atoms with Gasteiger partial charge in [0.15, 0.2) is 0 Å². The molecule has 0 saturated carbocycles. The standard InChI is InChI=1S/C28H31N3/c1-17(2)21-10-9-18(3)27(14-21)31-12-11-24-23(16-31)19(4)13-26(30-24)22-7-6-8-25-28(22)20(5)15-29-25/h6-10,13-15,17,29H,11-12,16H2,1-5H3/i16D2. The molecule has 0 radical (unpaired) electrons. The number of hydrogen-bond acceptors (Lipinski definition) is 2. The van der Waals surface area contributed by atoms with Crippen LogP contribution in [0.5, 0.6) is 0 Å². The normalized spacial score (nSPS) is 16.4. The van der Waals surface area contributed by atoms with Gasteiger partial charge in [0.1, 0.15) is 0 Å². The topological polar surface area (TPSA) is 31.9 Å². The smallest absolute Gasteiger partial charge is 0.0715 e. The van der Waals surface area contributed by atoms with E-state index in [2.05, 4.69) is 75.1 Å². The number of nitrogens with one attached hydrogen (secondary N) is 1. The van der Waals surface area contributed by atoms with Gasteiger partial charge in [0.2, 0.25) is 0 Å². The van der Waals surface area contributed by atoms with Crippen LogP contribution in [0.25, 0.3) is 22.2 Å². The third-order valence-corrected chi connectivity index (χ3v) is 6.48. The van der Waals surface area contributed by atoms with E-state index >= 15 is 0 Å². The van der Waals surface area contributed by atoms with Gasteiger partial charge in [-0.2, -0.15) is 0 Å². The molecule has 2 aromatic carbocycles. The molecule has 0 spiro atoms. The van der Waals surface area contributed by atoms with E-state index in [0.29, 0.717) is 18.0 Å². The highest BCUT2D eigenvalue weighted by molar-refractivity contribution is 5.96. The van der Waals surface area contributed by atoms with Crippen molar-refractivity contribution >= 4 is 16.6 Å². The summed E-state index contributed by atoms with van der Waals surface area (Å²) < 4.78 is 18.4. The Bertz CT molecular complexity index is 1370. The molecule has 0 atom stereocenters. The van der Waals surface area contributed by atoms with Crippen molar-refractivity contribution in [3.8, 4) is 11.3 Å². The molecule has 4 aromatic rings. The van der Waals surface area contributed by atoms with Gasteiger partial charge >= 0.3 is 0 Å². The summed E-state index contributed by atoms with van der Waals surface area (Å²) in [6.45, 7) is 9.53. The quantitative estimate of drug-likeness (QED) is 0.400. The van der Waals surface area contributed by atoms with Crippen molar-refractivity contribution < 1.29 is 2.74 Å². The number of fused-ring (bicyclic) bond motifs is 2. The summed E-state index contributed by atoms with van der Waals surface area (Å²) in [6.07, 6.45) is 2.75. The molecule has 0 amide bonds. The second-order valence-electron chi connectivity index (χ2n) is 9.06. The lowest BCUT2D eigenvalue weighted by Gasteiger charge is -2.33. The molecular formula is C28H31N3. The minimum atomic E-state index is -1.63. The number of nitrogens with zero attached hydrogens (tertiary/aromatic N) is 2. The number of hydrogen-bond donors (Lipinski definition) is 1. The zero-order valence-corrected chi connectivity index (χ0v) is 19.0. The van der Waals surface area contributed by atoms with Crippen molar-refractivity contribution in [3.05, 3.63) is 82.2 Å². The fourth-order valence-corrected chi connectivity index (χ4v) is 4.64. The number of aromatic amines is 1. The summed E-state index contributed by atoms with van der Waals surface area (Å²) in [6, 6.07) is 14.7. The number of pyridine rings is 1. The van der Waals surface area contributed by atoms with E-state index in [1.807, 2.05) is 18.0 Å². The average molecular weight is 412 g/mol. The second kappa shape index (κ2) is 7.56. The maximum absolute atomic E-state index is 9.18. The zero-order valence-electron chi connectivity index (χ0n) is 21.0. The van der Waals surface area contributed by atoms with Crippen LogP contribution in [0.4, 0.5) is 5.69 Å². The van der Waals surface area contributed by atoms with E-state index < -0.39 is 6.50 Å². The number of aromatic nitrogens is 2. The number of rotatable bonds is 3. The summed E-state index contributed by atoms with van der Waals surface area (Å²) >= 11 is 0. The lowest BCUT2D eigenvalue weighted by atomic mass is 9.95. The van der Waals surface area contributed by atoms with Gasteiger partial charge in [-0.1, -0.05) is 38.1 Å². The Morgan fingerprint density at radius 2 is 1.87 bits per heavy atom. The third-order valence-electron chi connectivity index (χ3n) is 6.48. The molecule has 0 saturated heterocycles. The maximum atomic E-state index is 9.18. The first kappa shape index (κ1) is 17.6. The molecule has 3 heterocycles. The van der Waals surface area contributed by atoms with Gasteiger partial charge in [-0.3, -0.25) is 4.98 Å². The number of anilines is 1. The molecule has 2 aromatic heterocycles. The van der Waals surface area contributed by atoms with Crippen LogP contribution in [0.15, 0.2) is 48.7 Å². The van der Waals surface area contributed by atoms with E-state index in [-0.39, 0.29) is 0 Å². The molecule has 0 aliphatic carbocycles. The first-order valence-corrected chi connectivity index (χ1v) is 11.1. The summed E-state index contributed by atoms with van der Waals surface area (Å²) in [4.78, 5) is 10.3. The lowest BCUT2D eigenvalue weighted by molar-refractivity contribution is 0.705. The summed E-state index contributed by atoms with van der Waals surface area (Å²) in [5.74, 6) is 0.401. The molecule has 0 unspecified atom stereocenters. The fraction of sp³-hybridized carbons (Fsp3) is 0.321. The Balaban J connectivity index is 1.62. The van der Waals surface area contributed by atoms with Crippen LogP contribution in [0, 0.1) is 20.8 Å². The van der Waals surface area contributed by atoms with Crippen LogP contribution < -0.4 is 4.90 Å². The van der Waals surface area contributed by atoms with E-state index in [4.69, 9.17) is 4.98 Å². The van der Waals surface area contributed by atoms with Crippen LogP contribution in [-0.2, 0) is 12.9 Å². The largest absolute Gasteiger partial charge is 0.367 e. The molecule has 3 heteroatoms. The van der Waals surface area contributed by atoms with Gasteiger partial charge < -0.3 is 9.88 Å². The van der Waals surface area contributed by atoms with Crippen LogP contribution >= 0.6 is 0 Å². The lowest BCUT2D eigenvalue weighted by Crippen LogP contribution is -2.32. The molecule has 5 rings (SSSR count).